The molecule has 2 aliphatic rings. The van der Waals surface area contributed by atoms with Gasteiger partial charge in [-0.05, 0) is 80.2 Å². The highest BCUT2D eigenvalue weighted by atomic mass is 32.2. The van der Waals surface area contributed by atoms with Gasteiger partial charge < -0.3 is 14.7 Å². The molecule has 0 spiro atoms. The third-order valence-corrected chi connectivity index (χ3v) is 11.4. The average molecular weight is 665 g/mol. The number of hydrogen-bond donors (Lipinski definition) is 3. The van der Waals surface area contributed by atoms with Gasteiger partial charge in [-0.15, -0.1) is 0 Å². The van der Waals surface area contributed by atoms with Crippen LogP contribution in [0.3, 0.4) is 0 Å². The molecule has 4 rings (SSSR count). The van der Waals surface area contributed by atoms with Crippen molar-refractivity contribution in [1.29, 1.82) is 0 Å². The number of carbonyl (C=O) groups is 1. The van der Waals surface area contributed by atoms with Crippen molar-refractivity contribution in [3.8, 4) is 5.75 Å². The van der Waals surface area contributed by atoms with E-state index in [1.807, 2.05) is 30.3 Å². The van der Waals surface area contributed by atoms with Gasteiger partial charge in [-0.3, -0.25) is 4.79 Å². The highest BCUT2D eigenvalue weighted by molar-refractivity contribution is 7.89. The number of methoxy groups -OCH3 is 1. The van der Waals surface area contributed by atoms with Gasteiger partial charge in [0.25, 0.3) is 10.2 Å². The fourth-order valence-electron chi connectivity index (χ4n) is 6.61. The third kappa shape index (κ3) is 11.0. The molecule has 0 aliphatic heterocycles. The van der Waals surface area contributed by atoms with Crippen molar-refractivity contribution in [2.45, 2.75) is 81.2 Å². The summed E-state index contributed by atoms with van der Waals surface area (Å²) in [6.07, 6.45) is 6.40. The Morgan fingerprint density at radius 1 is 0.956 bits per heavy atom. The Balaban J connectivity index is 1.48. The van der Waals surface area contributed by atoms with E-state index in [9.17, 15) is 26.7 Å². The van der Waals surface area contributed by atoms with Crippen molar-refractivity contribution >= 4 is 26.1 Å². The molecular weight excluding hydrogens is 617 g/mol. The Morgan fingerprint density at radius 2 is 1.62 bits per heavy atom. The number of rotatable bonds is 16. The predicted molar refractivity (Wildman–Crippen MR) is 173 cm³/mol. The van der Waals surface area contributed by atoms with Gasteiger partial charge in [0.05, 0.1) is 18.1 Å². The van der Waals surface area contributed by atoms with Crippen LogP contribution in [0.4, 0.5) is 0 Å². The third-order valence-electron chi connectivity index (χ3n) is 8.92. The minimum atomic E-state index is -3.92. The van der Waals surface area contributed by atoms with E-state index >= 15 is 0 Å². The lowest BCUT2D eigenvalue weighted by atomic mass is 9.84. The molecular formula is C32H48N4O7S2. The molecule has 2 unspecified atom stereocenters. The lowest BCUT2D eigenvalue weighted by molar-refractivity contribution is -0.134. The topological polar surface area (TPSA) is 159 Å². The number of aliphatic hydroxyl groups is 1. The van der Waals surface area contributed by atoms with E-state index in [0.29, 0.717) is 38.1 Å². The molecule has 0 bridgehead atoms. The molecule has 2 saturated carbocycles. The van der Waals surface area contributed by atoms with Gasteiger partial charge in [0.1, 0.15) is 5.75 Å². The molecule has 1 amide bonds. The summed E-state index contributed by atoms with van der Waals surface area (Å²) < 4.78 is 59.8. The molecule has 0 heterocycles. The molecule has 2 aromatic rings. The summed E-state index contributed by atoms with van der Waals surface area (Å²) in [7, 11) is -6.24. The first-order valence-corrected chi connectivity index (χ1v) is 18.9. The minimum Gasteiger partial charge on any atom is -0.497 e. The fourth-order valence-corrected chi connectivity index (χ4v) is 8.85. The zero-order valence-electron chi connectivity index (χ0n) is 26.1. The summed E-state index contributed by atoms with van der Waals surface area (Å²) in [6, 6.07) is 15.7. The molecule has 250 valence electrons. The van der Waals surface area contributed by atoms with Crippen LogP contribution in [-0.2, 0) is 31.4 Å². The number of nitrogens with two attached hydrogens (primary N) is 1. The van der Waals surface area contributed by atoms with Crippen molar-refractivity contribution < 1.29 is 31.5 Å². The van der Waals surface area contributed by atoms with Gasteiger partial charge in [0.15, 0.2) is 0 Å². The van der Waals surface area contributed by atoms with E-state index in [4.69, 9.17) is 9.88 Å². The lowest BCUT2D eigenvalue weighted by Crippen LogP contribution is -2.47. The molecule has 11 nitrogen and oxygen atoms in total. The smallest absolute Gasteiger partial charge is 0.274 e. The van der Waals surface area contributed by atoms with E-state index in [1.54, 1.807) is 17.0 Å². The molecule has 3 atom stereocenters. The molecule has 2 aliphatic carbocycles. The number of aliphatic hydroxyl groups excluding tert-OH is 1. The van der Waals surface area contributed by atoms with Crippen molar-refractivity contribution in [3.63, 3.8) is 0 Å². The summed E-state index contributed by atoms with van der Waals surface area (Å²) in [4.78, 5) is 15.5. The number of hydrogen-bond acceptors (Lipinski definition) is 7. The molecule has 13 heteroatoms. The quantitative estimate of drug-likeness (QED) is 0.249. The summed E-state index contributed by atoms with van der Waals surface area (Å²) in [5.41, 5.74) is 1.05. The first-order valence-electron chi connectivity index (χ1n) is 15.9. The molecule has 4 N–H and O–H groups in total. The summed E-state index contributed by atoms with van der Waals surface area (Å²) in [5.74, 6) is 0.586. The van der Waals surface area contributed by atoms with Crippen LogP contribution in [0.2, 0.25) is 0 Å². The Labute approximate surface area is 268 Å². The maximum absolute atomic E-state index is 13.8. The maximum atomic E-state index is 13.8. The first-order chi connectivity index (χ1) is 21.4. The number of nitrogens with one attached hydrogen (secondary N) is 1. The predicted octanol–water partition coefficient (Wildman–Crippen LogP) is 3.05. The average Bonchev–Trinajstić information content (AvgIpc) is 3.52. The van der Waals surface area contributed by atoms with Crippen LogP contribution in [0.25, 0.3) is 0 Å². The Morgan fingerprint density at radius 3 is 2.27 bits per heavy atom. The number of nitrogens with zero attached hydrogens (tertiary/aromatic N) is 2. The highest BCUT2D eigenvalue weighted by Crippen LogP contribution is 2.30. The van der Waals surface area contributed by atoms with Gasteiger partial charge in [-0.25, -0.2) is 13.6 Å². The zero-order valence-corrected chi connectivity index (χ0v) is 27.7. The van der Waals surface area contributed by atoms with E-state index in [1.165, 1.54) is 23.5 Å². The van der Waals surface area contributed by atoms with Crippen LogP contribution < -0.4 is 14.6 Å². The van der Waals surface area contributed by atoms with Gasteiger partial charge in [-0.2, -0.15) is 17.4 Å². The number of carbonyl (C=O) groups excluding carboxylic acids is 1. The van der Waals surface area contributed by atoms with Crippen LogP contribution in [0.15, 0.2) is 59.5 Å². The second-order valence-electron chi connectivity index (χ2n) is 12.5. The number of ether oxygens (including phenoxy) is 1. The number of benzene rings is 2. The van der Waals surface area contributed by atoms with E-state index in [2.05, 4.69) is 4.72 Å². The maximum Gasteiger partial charge on any atom is 0.274 e. The van der Waals surface area contributed by atoms with Crippen LogP contribution >= 0.6 is 0 Å². The number of amides is 1. The Hall–Kier alpha value is -2.55. The standard InChI is InChI=1S/C32H48N4O7S2/c1-43-30-14-16-31(17-15-30)44(39,40)36(22-26-10-5-6-11-26)24-29(37)23-35(19-18-25-8-3-2-4-9-25)32(38)21-27-12-7-13-28(20-27)34-45(33,41)42/h2-4,8-9,14-17,26-29,34,37H,5-7,10-13,18-24H2,1H3,(H2,33,41,42)/t27?,28?,29-/m0/s1. The van der Waals surface area contributed by atoms with Crippen molar-refractivity contribution in [2.75, 3.05) is 33.3 Å². The van der Waals surface area contributed by atoms with Gasteiger partial charge >= 0.3 is 0 Å². The zero-order chi connectivity index (χ0) is 32.5. The number of sulfonamides is 1. The second-order valence-corrected chi connectivity index (χ2v) is 15.7. The lowest BCUT2D eigenvalue weighted by Gasteiger charge is -2.33. The van der Waals surface area contributed by atoms with Crippen molar-refractivity contribution in [1.82, 2.24) is 13.9 Å². The van der Waals surface area contributed by atoms with Crippen LogP contribution in [0.5, 0.6) is 5.75 Å². The van der Waals surface area contributed by atoms with E-state index in [-0.39, 0.29) is 48.2 Å². The molecule has 0 saturated heterocycles. The van der Waals surface area contributed by atoms with E-state index < -0.39 is 26.3 Å². The summed E-state index contributed by atoms with van der Waals surface area (Å²) >= 11 is 0. The summed E-state index contributed by atoms with van der Waals surface area (Å²) in [5, 5.41) is 16.6. The van der Waals surface area contributed by atoms with Crippen molar-refractivity contribution in [3.05, 3.63) is 60.2 Å². The van der Waals surface area contributed by atoms with E-state index in [0.717, 1.165) is 44.1 Å². The van der Waals surface area contributed by atoms with Gasteiger partial charge in [0, 0.05) is 38.6 Å². The Kier molecular flexibility index (Phi) is 12.8. The van der Waals surface area contributed by atoms with Gasteiger partial charge in [0.2, 0.25) is 15.9 Å². The summed E-state index contributed by atoms with van der Waals surface area (Å²) in [6.45, 7) is 0.517. The molecule has 45 heavy (non-hydrogen) atoms. The molecule has 0 aromatic heterocycles. The molecule has 2 aromatic carbocycles. The second kappa shape index (κ2) is 16.3. The van der Waals surface area contributed by atoms with Gasteiger partial charge in [-0.1, -0.05) is 49.6 Å². The SMILES string of the molecule is COc1ccc(S(=O)(=O)N(CC2CCCC2)C[C@@H](O)CN(CCc2ccccc2)C(=O)CC2CCCC(NS(N)(=O)=O)C2)cc1. The van der Waals surface area contributed by atoms with Crippen LogP contribution in [-0.4, -0.2) is 82.5 Å². The van der Waals surface area contributed by atoms with Crippen LogP contribution in [0, 0.1) is 11.8 Å². The molecule has 0 radical (unpaired) electrons. The molecule has 2 fully saturated rings. The van der Waals surface area contributed by atoms with Crippen molar-refractivity contribution in [2.24, 2.45) is 17.0 Å². The normalized spacial score (nSPS) is 20.3. The van der Waals surface area contributed by atoms with Crippen LogP contribution in [0.1, 0.15) is 63.4 Å². The minimum absolute atomic E-state index is 0.0173. The largest absolute Gasteiger partial charge is 0.497 e. The highest BCUT2D eigenvalue weighted by Gasteiger charge is 2.32. The monoisotopic (exact) mass is 664 g/mol. The Bertz CT molecular complexity index is 1430. The first kappa shape index (κ1) is 35.3. The fraction of sp³-hybridized carbons (Fsp3) is 0.594.